The molecular weight excluding hydrogens is 344 g/mol. The summed E-state index contributed by atoms with van der Waals surface area (Å²) in [5, 5.41) is 0. The van der Waals surface area contributed by atoms with E-state index in [2.05, 4.69) is 63.9 Å². The molecule has 3 aliphatic heterocycles. The van der Waals surface area contributed by atoms with Crippen LogP contribution in [-0.4, -0.2) is 48.1 Å². The molecule has 3 aliphatic rings. The Hall–Kier alpha value is -2.07. The number of aryl methyl sites for hydroxylation is 1. The molecule has 1 aromatic carbocycles. The van der Waals surface area contributed by atoms with E-state index < -0.39 is 0 Å². The van der Waals surface area contributed by atoms with Crippen molar-refractivity contribution in [3.05, 3.63) is 53.2 Å². The highest BCUT2D eigenvalue weighted by molar-refractivity contribution is 5.55. The van der Waals surface area contributed by atoms with Crippen LogP contribution in [0.1, 0.15) is 42.9 Å². The summed E-state index contributed by atoms with van der Waals surface area (Å²) in [6.45, 7) is 10.3. The molecule has 0 radical (unpaired) electrons. The summed E-state index contributed by atoms with van der Waals surface area (Å²) in [6.07, 6.45) is 7.10. The predicted molar refractivity (Wildman–Crippen MR) is 116 cm³/mol. The van der Waals surface area contributed by atoms with Gasteiger partial charge in [0.15, 0.2) is 0 Å². The van der Waals surface area contributed by atoms with Gasteiger partial charge in [0.2, 0.25) is 0 Å². The molecule has 0 unspecified atom stereocenters. The van der Waals surface area contributed by atoms with Crippen molar-refractivity contribution in [1.82, 2.24) is 9.88 Å². The second-order valence-electron chi connectivity index (χ2n) is 8.93. The van der Waals surface area contributed by atoms with Crippen LogP contribution in [0.3, 0.4) is 0 Å². The first kappa shape index (κ1) is 18.0. The zero-order chi connectivity index (χ0) is 19.1. The molecule has 0 amide bonds. The minimum absolute atomic E-state index is 0.747. The van der Waals surface area contributed by atoms with Gasteiger partial charge in [-0.05, 0) is 87.0 Å². The van der Waals surface area contributed by atoms with Gasteiger partial charge in [-0.1, -0.05) is 6.07 Å². The van der Waals surface area contributed by atoms with Crippen molar-refractivity contribution in [3.8, 4) is 0 Å². The molecule has 2 fully saturated rings. The summed E-state index contributed by atoms with van der Waals surface area (Å²) in [6, 6.07) is 13.0. The molecule has 4 nitrogen and oxygen atoms in total. The number of nitrogens with zero attached hydrogens (tertiary/aromatic N) is 4. The number of likely N-dealkylation sites (tertiary alicyclic amines) is 1. The second kappa shape index (κ2) is 7.40. The normalized spacial score (nSPS) is 25.4. The van der Waals surface area contributed by atoms with Gasteiger partial charge in [-0.2, -0.15) is 0 Å². The van der Waals surface area contributed by atoms with Gasteiger partial charge in [0.05, 0.1) is 0 Å². The van der Waals surface area contributed by atoms with Crippen molar-refractivity contribution in [2.75, 3.05) is 36.0 Å². The molecular formula is C24H32N4. The molecule has 0 spiro atoms. The summed E-state index contributed by atoms with van der Waals surface area (Å²) in [5.41, 5.74) is 5.69. The lowest BCUT2D eigenvalue weighted by Crippen LogP contribution is -2.39. The van der Waals surface area contributed by atoms with E-state index in [-0.39, 0.29) is 0 Å². The van der Waals surface area contributed by atoms with Gasteiger partial charge < -0.3 is 9.80 Å². The molecule has 2 atom stereocenters. The maximum Gasteiger partial charge on any atom is 0.129 e. The Bertz CT molecular complexity index is 848. The zero-order valence-electron chi connectivity index (χ0n) is 17.3. The van der Waals surface area contributed by atoms with Crippen LogP contribution in [0.4, 0.5) is 11.5 Å². The maximum absolute atomic E-state index is 4.58. The molecule has 1 aromatic heterocycles. The fourth-order valence-electron chi connectivity index (χ4n) is 5.37. The van der Waals surface area contributed by atoms with E-state index in [0.29, 0.717) is 0 Å². The van der Waals surface area contributed by atoms with Crippen LogP contribution >= 0.6 is 0 Å². The quantitative estimate of drug-likeness (QED) is 0.807. The van der Waals surface area contributed by atoms with E-state index in [1.54, 1.807) is 0 Å². The fourth-order valence-corrected chi connectivity index (χ4v) is 5.37. The standard InChI is InChI=1S/C24H32N4/c1-18-7-10-25-24(14-18)27-12-8-20-15-22(6-5-21(20)16-27)26-13-9-23(17-26)28-11-3-4-19(28)2/h5-7,10,14-15,19,23H,3-4,8-9,11-13,16-17H2,1-2H3/t19-,23-/m0/s1. The van der Waals surface area contributed by atoms with Gasteiger partial charge in [0, 0.05) is 50.1 Å². The molecule has 0 bridgehead atoms. The van der Waals surface area contributed by atoms with E-state index in [0.717, 1.165) is 37.4 Å². The van der Waals surface area contributed by atoms with Crippen LogP contribution in [-0.2, 0) is 13.0 Å². The lowest BCUT2D eigenvalue weighted by atomic mass is 9.98. The largest absolute Gasteiger partial charge is 0.370 e. The average Bonchev–Trinajstić information content (AvgIpc) is 3.36. The minimum atomic E-state index is 0.747. The van der Waals surface area contributed by atoms with Crippen molar-refractivity contribution >= 4 is 11.5 Å². The Labute approximate surface area is 169 Å². The van der Waals surface area contributed by atoms with Crippen LogP contribution in [0.25, 0.3) is 0 Å². The molecule has 0 aliphatic carbocycles. The van der Waals surface area contributed by atoms with Crippen molar-refractivity contribution in [3.63, 3.8) is 0 Å². The summed E-state index contributed by atoms with van der Waals surface area (Å²) in [7, 11) is 0. The third-order valence-electron chi connectivity index (χ3n) is 7.03. The molecule has 2 saturated heterocycles. The predicted octanol–water partition coefficient (Wildman–Crippen LogP) is 4.02. The van der Waals surface area contributed by atoms with Gasteiger partial charge in [-0.25, -0.2) is 4.98 Å². The molecule has 0 saturated carbocycles. The van der Waals surface area contributed by atoms with E-state index in [4.69, 9.17) is 0 Å². The van der Waals surface area contributed by atoms with Gasteiger partial charge in [-0.3, -0.25) is 4.90 Å². The minimum Gasteiger partial charge on any atom is -0.370 e. The van der Waals surface area contributed by atoms with Crippen LogP contribution < -0.4 is 9.80 Å². The van der Waals surface area contributed by atoms with Crippen molar-refractivity contribution in [1.29, 1.82) is 0 Å². The Morgan fingerprint density at radius 1 is 0.964 bits per heavy atom. The maximum atomic E-state index is 4.58. The Morgan fingerprint density at radius 3 is 2.71 bits per heavy atom. The summed E-state index contributed by atoms with van der Waals surface area (Å²) >= 11 is 0. The average molecular weight is 377 g/mol. The summed E-state index contributed by atoms with van der Waals surface area (Å²) in [4.78, 5) is 12.4. The Morgan fingerprint density at radius 2 is 1.89 bits per heavy atom. The molecule has 5 rings (SSSR count). The first-order chi connectivity index (χ1) is 13.7. The van der Waals surface area contributed by atoms with E-state index in [1.807, 2.05) is 6.20 Å². The number of hydrogen-bond acceptors (Lipinski definition) is 4. The SMILES string of the molecule is Cc1ccnc(N2CCc3cc(N4CC[C@H](N5CCC[C@@H]5C)C4)ccc3C2)c1. The zero-order valence-corrected chi connectivity index (χ0v) is 17.3. The van der Waals surface area contributed by atoms with E-state index in [1.165, 1.54) is 61.3 Å². The van der Waals surface area contributed by atoms with Crippen LogP contribution in [0.5, 0.6) is 0 Å². The second-order valence-corrected chi connectivity index (χ2v) is 8.93. The van der Waals surface area contributed by atoms with Gasteiger partial charge in [0.25, 0.3) is 0 Å². The van der Waals surface area contributed by atoms with Crippen LogP contribution in [0, 0.1) is 6.92 Å². The first-order valence-corrected chi connectivity index (χ1v) is 11.0. The third kappa shape index (κ3) is 3.39. The number of pyridine rings is 1. The van der Waals surface area contributed by atoms with Gasteiger partial charge >= 0.3 is 0 Å². The highest BCUT2D eigenvalue weighted by atomic mass is 15.3. The number of hydrogen-bond donors (Lipinski definition) is 0. The molecule has 28 heavy (non-hydrogen) atoms. The highest BCUT2D eigenvalue weighted by Gasteiger charge is 2.33. The molecule has 2 aromatic rings. The van der Waals surface area contributed by atoms with Gasteiger partial charge in [0.1, 0.15) is 5.82 Å². The molecule has 4 heterocycles. The van der Waals surface area contributed by atoms with Crippen molar-refractivity contribution in [2.24, 2.45) is 0 Å². The van der Waals surface area contributed by atoms with E-state index in [9.17, 15) is 0 Å². The van der Waals surface area contributed by atoms with Crippen molar-refractivity contribution < 1.29 is 0 Å². The number of anilines is 2. The Kier molecular flexibility index (Phi) is 4.75. The number of fused-ring (bicyclic) bond motifs is 1. The van der Waals surface area contributed by atoms with Crippen LogP contribution in [0.15, 0.2) is 36.5 Å². The van der Waals surface area contributed by atoms with Gasteiger partial charge in [-0.15, -0.1) is 0 Å². The fraction of sp³-hybridized carbons (Fsp3) is 0.542. The number of benzene rings is 1. The molecule has 4 heteroatoms. The third-order valence-corrected chi connectivity index (χ3v) is 7.03. The summed E-state index contributed by atoms with van der Waals surface area (Å²) in [5.74, 6) is 1.11. The molecule has 0 N–H and O–H groups in total. The van der Waals surface area contributed by atoms with Crippen molar-refractivity contribution in [2.45, 2.75) is 58.2 Å². The number of rotatable bonds is 3. The topological polar surface area (TPSA) is 22.6 Å². The summed E-state index contributed by atoms with van der Waals surface area (Å²) < 4.78 is 0. The van der Waals surface area contributed by atoms with E-state index >= 15 is 0 Å². The smallest absolute Gasteiger partial charge is 0.129 e. The lowest BCUT2D eigenvalue weighted by molar-refractivity contribution is 0.204. The number of aromatic nitrogens is 1. The lowest BCUT2D eigenvalue weighted by Gasteiger charge is -2.31. The first-order valence-electron chi connectivity index (χ1n) is 11.0. The molecule has 148 valence electrons. The highest BCUT2D eigenvalue weighted by Crippen LogP contribution is 2.31. The monoisotopic (exact) mass is 376 g/mol. The Balaban J connectivity index is 1.28. The van der Waals surface area contributed by atoms with Crippen LogP contribution in [0.2, 0.25) is 0 Å².